The van der Waals surface area contributed by atoms with Crippen molar-refractivity contribution in [3.8, 4) is 0 Å². The van der Waals surface area contributed by atoms with Crippen LogP contribution >= 0.6 is 0 Å². The maximum atomic E-state index is 12.1. The first-order valence-corrected chi connectivity index (χ1v) is 9.23. The van der Waals surface area contributed by atoms with Crippen molar-refractivity contribution in [3.05, 3.63) is 36.5 Å². The number of benzene rings is 1. The number of fused-ring (bicyclic) bond motifs is 1. The van der Waals surface area contributed by atoms with Crippen molar-refractivity contribution < 1.29 is 14.4 Å². The lowest BCUT2D eigenvalue weighted by Gasteiger charge is -2.18. The predicted octanol–water partition coefficient (Wildman–Crippen LogP) is 2.33. The minimum atomic E-state index is -0.319. The summed E-state index contributed by atoms with van der Waals surface area (Å²) in [4.78, 5) is 41.9. The standard InChI is InChI=1S/C20H26N4O3/c1-3-24(4-2)19(27)12-6-11-17(25)22-14-18(26)23-16-10-5-8-15-9-7-13-21-20(15)16/h5,7-10,13H,3-4,6,11-12,14H2,1-2H3,(H,22,25)(H,23,26). The molecular formula is C20H26N4O3. The molecule has 7 nitrogen and oxygen atoms in total. The molecule has 3 amide bonds. The van der Waals surface area contributed by atoms with Crippen LogP contribution in [0.25, 0.3) is 10.9 Å². The third-order valence-electron chi connectivity index (χ3n) is 4.26. The molecule has 144 valence electrons. The van der Waals surface area contributed by atoms with Gasteiger partial charge in [0.2, 0.25) is 17.7 Å². The monoisotopic (exact) mass is 370 g/mol. The zero-order valence-corrected chi connectivity index (χ0v) is 15.8. The first kappa shape index (κ1) is 20.4. The van der Waals surface area contributed by atoms with Crippen LogP contribution in [0.1, 0.15) is 33.1 Å². The Morgan fingerprint density at radius 3 is 2.48 bits per heavy atom. The van der Waals surface area contributed by atoms with E-state index in [2.05, 4.69) is 15.6 Å². The molecule has 1 aromatic heterocycles. The van der Waals surface area contributed by atoms with Gasteiger partial charge in [-0.15, -0.1) is 0 Å². The third-order valence-corrected chi connectivity index (χ3v) is 4.26. The molecule has 2 N–H and O–H groups in total. The van der Waals surface area contributed by atoms with E-state index in [0.29, 0.717) is 37.1 Å². The van der Waals surface area contributed by atoms with E-state index in [1.54, 1.807) is 17.2 Å². The molecule has 2 aromatic rings. The lowest BCUT2D eigenvalue weighted by Crippen LogP contribution is -2.33. The number of para-hydroxylation sites is 1. The minimum absolute atomic E-state index is 0.0500. The zero-order chi connectivity index (χ0) is 19.6. The van der Waals surface area contributed by atoms with Crippen LogP contribution < -0.4 is 10.6 Å². The SMILES string of the molecule is CCN(CC)C(=O)CCCC(=O)NCC(=O)Nc1cccc2cccnc12. The lowest BCUT2D eigenvalue weighted by molar-refractivity contribution is -0.131. The lowest BCUT2D eigenvalue weighted by atomic mass is 10.2. The van der Waals surface area contributed by atoms with Gasteiger partial charge in [-0.25, -0.2) is 0 Å². The first-order chi connectivity index (χ1) is 13.0. The average Bonchev–Trinajstić information content (AvgIpc) is 2.67. The molecule has 27 heavy (non-hydrogen) atoms. The Balaban J connectivity index is 1.75. The van der Waals surface area contributed by atoms with Gasteiger partial charge >= 0.3 is 0 Å². The van der Waals surface area contributed by atoms with Crippen LogP contribution in [0.15, 0.2) is 36.5 Å². The molecule has 0 radical (unpaired) electrons. The molecule has 0 spiro atoms. The highest BCUT2D eigenvalue weighted by atomic mass is 16.2. The van der Waals surface area contributed by atoms with Crippen LogP contribution in [0.5, 0.6) is 0 Å². The number of amides is 3. The van der Waals surface area contributed by atoms with Gasteiger partial charge in [-0.1, -0.05) is 18.2 Å². The summed E-state index contributed by atoms with van der Waals surface area (Å²) in [5.41, 5.74) is 1.31. The van der Waals surface area contributed by atoms with Gasteiger partial charge in [-0.05, 0) is 32.4 Å². The Morgan fingerprint density at radius 1 is 1.00 bits per heavy atom. The van der Waals surface area contributed by atoms with E-state index in [-0.39, 0.29) is 30.7 Å². The molecule has 0 unspecified atom stereocenters. The molecule has 0 atom stereocenters. The molecule has 0 aliphatic rings. The maximum Gasteiger partial charge on any atom is 0.243 e. The maximum absolute atomic E-state index is 12.1. The molecule has 2 rings (SSSR count). The summed E-state index contributed by atoms with van der Waals surface area (Å²) in [5.74, 6) is -0.511. The summed E-state index contributed by atoms with van der Waals surface area (Å²) in [6, 6.07) is 9.27. The van der Waals surface area contributed by atoms with Crippen LogP contribution in [0.2, 0.25) is 0 Å². The molecule has 0 fully saturated rings. The van der Waals surface area contributed by atoms with E-state index < -0.39 is 0 Å². The molecule has 7 heteroatoms. The third kappa shape index (κ3) is 6.06. The number of hydrogen-bond acceptors (Lipinski definition) is 4. The van der Waals surface area contributed by atoms with Gasteiger partial charge in [0.05, 0.1) is 17.7 Å². The fourth-order valence-electron chi connectivity index (χ4n) is 2.80. The van der Waals surface area contributed by atoms with Gasteiger partial charge < -0.3 is 15.5 Å². The molecule has 0 saturated carbocycles. The van der Waals surface area contributed by atoms with Crippen LogP contribution in [0, 0.1) is 0 Å². The number of nitrogens with one attached hydrogen (secondary N) is 2. The smallest absolute Gasteiger partial charge is 0.243 e. The molecule has 0 aliphatic heterocycles. The van der Waals surface area contributed by atoms with Crippen molar-refractivity contribution in [2.45, 2.75) is 33.1 Å². The second kappa shape index (κ2) is 10.3. The number of aromatic nitrogens is 1. The molecule has 0 saturated heterocycles. The number of hydrogen-bond donors (Lipinski definition) is 2. The highest BCUT2D eigenvalue weighted by molar-refractivity contribution is 6.01. The van der Waals surface area contributed by atoms with Crippen molar-refractivity contribution in [2.24, 2.45) is 0 Å². The topological polar surface area (TPSA) is 91.4 Å². The molecule has 1 heterocycles. The number of nitrogens with zero attached hydrogens (tertiary/aromatic N) is 2. The molecule has 0 aliphatic carbocycles. The fraction of sp³-hybridized carbons (Fsp3) is 0.400. The first-order valence-electron chi connectivity index (χ1n) is 9.23. The number of carbonyl (C=O) groups excluding carboxylic acids is 3. The molecule has 0 bridgehead atoms. The molecular weight excluding hydrogens is 344 g/mol. The Kier molecular flexibility index (Phi) is 7.73. The van der Waals surface area contributed by atoms with Crippen LogP contribution in [0.3, 0.4) is 0 Å². The van der Waals surface area contributed by atoms with E-state index in [4.69, 9.17) is 0 Å². The van der Waals surface area contributed by atoms with Crippen molar-refractivity contribution in [3.63, 3.8) is 0 Å². The van der Waals surface area contributed by atoms with E-state index >= 15 is 0 Å². The van der Waals surface area contributed by atoms with Gasteiger partial charge in [-0.2, -0.15) is 0 Å². The average molecular weight is 370 g/mol. The van der Waals surface area contributed by atoms with E-state index in [0.717, 1.165) is 5.39 Å². The number of anilines is 1. The van der Waals surface area contributed by atoms with E-state index in [1.165, 1.54) is 0 Å². The van der Waals surface area contributed by atoms with Crippen molar-refractivity contribution in [2.75, 3.05) is 25.0 Å². The quantitative estimate of drug-likeness (QED) is 0.709. The van der Waals surface area contributed by atoms with Gasteiger partial charge in [0.1, 0.15) is 0 Å². The Hall–Kier alpha value is -2.96. The van der Waals surface area contributed by atoms with Gasteiger partial charge in [0.25, 0.3) is 0 Å². The van der Waals surface area contributed by atoms with Crippen molar-refractivity contribution >= 4 is 34.3 Å². The second-order valence-electron chi connectivity index (χ2n) is 6.13. The molecule has 1 aromatic carbocycles. The Morgan fingerprint density at radius 2 is 1.74 bits per heavy atom. The van der Waals surface area contributed by atoms with Gasteiger partial charge in [0, 0.05) is 37.5 Å². The number of carbonyl (C=O) groups is 3. The van der Waals surface area contributed by atoms with Crippen molar-refractivity contribution in [1.82, 2.24) is 15.2 Å². The second-order valence-corrected chi connectivity index (χ2v) is 6.13. The van der Waals surface area contributed by atoms with E-state index in [9.17, 15) is 14.4 Å². The normalized spacial score (nSPS) is 10.4. The highest BCUT2D eigenvalue weighted by Gasteiger charge is 2.11. The highest BCUT2D eigenvalue weighted by Crippen LogP contribution is 2.20. The summed E-state index contributed by atoms with van der Waals surface area (Å²) in [5, 5.41) is 6.28. The number of pyridine rings is 1. The van der Waals surface area contributed by atoms with Crippen LogP contribution in [-0.4, -0.2) is 47.2 Å². The van der Waals surface area contributed by atoms with E-state index in [1.807, 2.05) is 38.1 Å². The fourth-order valence-corrected chi connectivity index (χ4v) is 2.80. The Labute approximate surface area is 159 Å². The summed E-state index contributed by atoms with van der Waals surface area (Å²) < 4.78 is 0. The minimum Gasteiger partial charge on any atom is -0.347 e. The summed E-state index contributed by atoms with van der Waals surface area (Å²) >= 11 is 0. The zero-order valence-electron chi connectivity index (χ0n) is 15.8. The van der Waals surface area contributed by atoms with Gasteiger partial charge in [0.15, 0.2) is 0 Å². The summed E-state index contributed by atoms with van der Waals surface area (Å²) in [7, 11) is 0. The van der Waals surface area contributed by atoms with Crippen molar-refractivity contribution in [1.29, 1.82) is 0 Å². The number of rotatable bonds is 9. The largest absolute Gasteiger partial charge is 0.347 e. The summed E-state index contributed by atoms with van der Waals surface area (Å²) in [6.07, 6.45) is 2.69. The van der Waals surface area contributed by atoms with Crippen LogP contribution in [-0.2, 0) is 14.4 Å². The predicted molar refractivity (Wildman–Crippen MR) is 105 cm³/mol. The van der Waals surface area contributed by atoms with Gasteiger partial charge in [-0.3, -0.25) is 19.4 Å². The Bertz CT molecular complexity index is 797. The van der Waals surface area contributed by atoms with Crippen LogP contribution in [0.4, 0.5) is 5.69 Å². The summed E-state index contributed by atoms with van der Waals surface area (Å²) in [6.45, 7) is 5.08.